The van der Waals surface area contributed by atoms with Gasteiger partial charge in [0, 0.05) is 17.8 Å². The highest BCUT2D eigenvalue weighted by Crippen LogP contribution is 2.25. The average molecular weight is 414 g/mol. The lowest BCUT2D eigenvalue weighted by molar-refractivity contribution is 0.0737. The summed E-state index contributed by atoms with van der Waals surface area (Å²) in [5.41, 5.74) is 4.64. The van der Waals surface area contributed by atoms with Crippen molar-refractivity contribution in [1.29, 1.82) is 0 Å². The number of ether oxygens (including phenoxy) is 1. The molecule has 5 nitrogen and oxygen atoms in total. The number of aromatic nitrogens is 2. The van der Waals surface area contributed by atoms with Crippen LogP contribution in [0.5, 0.6) is 5.75 Å². The summed E-state index contributed by atoms with van der Waals surface area (Å²) in [5, 5.41) is 0. The van der Waals surface area contributed by atoms with Gasteiger partial charge in [-0.05, 0) is 61.4 Å². The number of benzene rings is 3. The summed E-state index contributed by atoms with van der Waals surface area (Å²) >= 11 is 0. The number of hydrogen-bond acceptors (Lipinski definition) is 3. The van der Waals surface area contributed by atoms with Crippen molar-refractivity contribution in [3.8, 4) is 11.4 Å². The summed E-state index contributed by atoms with van der Waals surface area (Å²) in [7, 11) is 1.66. The molecule has 1 aromatic heterocycles. The molecule has 0 saturated heterocycles. The minimum Gasteiger partial charge on any atom is -0.497 e. The summed E-state index contributed by atoms with van der Waals surface area (Å²) in [6.07, 6.45) is 0.875. The van der Waals surface area contributed by atoms with Gasteiger partial charge < -0.3 is 9.64 Å². The number of methoxy groups -OCH3 is 1. The van der Waals surface area contributed by atoms with E-state index in [1.54, 1.807) is 7.11 Å². The van der Waals surface area contributed by atoms with E-state index in [9.17, 15) is 4.79 Å². The second kappa shape index (κ2) is 9.04. The molecule has 0 unspecified atom stereocenters. The van der Waals surface area contributed by atoms with Crippen LogP contribution in [0, 0.1) is 6.92 Å². The molecule has 3 aromatic carbocycles. The van der Waals surface area contributed by atoms with Gasteiger partial charge in [0.1, 0.15) is 11.6 Å². The largest absolute Gasteiger partial charge is 0.497 e. The molecule has 158 valence electrons. The van der Waals surface area contributed by atoms with Crippen molar-refractivity contribution in [3.63, 3.8) is 0 Å². The third-order valence-electron chi connectivity index (χ3n) is 5.45. The van der Waals surface area contributed by atoms with E-state index in [1.165, 1.54) is 0 Å². The predicted molar refractivity (Wildman–Crippen MR) is 124 cm³/mol. The molecular formula is C26H27N3O2. The summed E-state index contributed by atoms with van der Waals surface area (Å²) in [4.78, 5) is 20.2. The van der Waals surface area contributed by atoms with Gasteiger partial charge in [0.25, 0.3) is 5.91 Å². The number of nitrogens with zero attached hydrogens (tertiary/aromatic N) is 3. The van der Waals surface area contributed by atoms with Crippen LogP contribution in [-0.4, -0.2) is 34.0 Å². The molecule has 4 aromatic rings. The second-order valence-electron chi connectivity index (χ2n) is 7.59. The number of fused-ring (bicyclic) bond motifs is 1. The van der Waals surface area contributed by atoms with Crippen LogP contribution in [0.2, 0.25) is 0 Å². The lowest BCUT2D eigenvalue weighted by Crippen LogP contribution is -2.32. The Morgan fingerprint density at radius 2 is 1.71 bits per heavy atom. The van der Waals surface area contributed by atoms with Crippen molar-refractivity contribution in [1.82, 2.24) is 14.5 Å². The van der Waals surface area contributed by atoms with E-state index in [2.05, 4.69) is 17.6 Å². The van der Waals surface area contributed by atoms with Crippen LogP contribution in [0.1, 0.15) is 35.1 Å². The van der Waals surface area contributed by atoms with Crippen molar-refractivity contribution >= 4 is 16.9 Å². The number of para-hydroxylation sites is 2. The number of carbonyl (C=O) groups is 1. The first-order valence-corrected chi connectivity index (χ1v) is 10.6. The average Bonchev–Trinajstić information content (AvgIpc) is 3.16. The summed E-state index contributed by atoms with van der Waals surface area (Å²) in [5.74, 6) is 1.67. The summed E-state index contributed by atoms with van der Waals surface area (Å²) in [6, 6.07) is 23.7. The van der Waals surface area contributed by atoms with Gasteiger partial charge >= 0.3 is 0 Å². The maximum atomic E-state index is 13.4. The minimum absolute atomic E-state index is 0.0355. The van der Waals surface area contributed by atoms with Gasteiger partial charge in [-0.3, -0.25) is 9.36 Å². The quantitative estimate of drug-likeness (QED) is 0.408. The molecule has 31 heavy (non-hydrogen) atoms. The highest BCUT2D eigenvalue weighted by Gasteiger charge is 2.21. The monoisotopic (exact) mass is 413 g/mol. The molecule has 1 heterocycles. The van der Waals surface area contributed by atoms with Crippen LogP contribution in [-0.2, 0) is 6.54 Å². The maximum absolute atomic E-state index is 13.4. The Morgan fingerprint density at radius 1 is 1.00 bits per heavy atom. The third-order valence-corrected chi connectivity index (χ3v) is 5.45. The van der Waals surface area contributed by atoms with Crippen LogP contribution in [0.25, 0.3) is 16.7 Å². The van der Waals surface area contributed by atoms with Gasteiger partial charge in [0.15, 0.2) is 0 Å². The zero-order chi connectivity index (χ0) is 21.8. The normalized spacial score (nSPS) is 10.9. The molecule has 0 fully saturated rings. The maximum Gasteiger partial charge on any atom is 0.254 e. The van der Waals surface area contributed by atoms with Crippen LogP contribution in [0.3, 0.4) is 0 Å². The van der Waals surface area contributed by atoms with E-state index < -0.39 is 0 Å². The van der Waals surface area contributed by atoms with Crippen molar-refractivity contribution in [2.24, 2.45) is 0 Å². The van der Waals surface area contributed by atoms with Gasteiger partial charge in [-0.1, -0.05) is 37.3 Å². The fraction of sp³-hybridized carbons (Fsp3) is 0.231. The van der Waals surface area contributed by atoms with E-state index in [4.69, 9.17) is 9.72 Å². The van der Waals surface area contributed by atoms with Crippen LogP contribution in [0.4, 0.5) is 0 Å². The SMILES string of the molecule is CCCN(Cc1nc2ccccc2n1-c1ccc(OC)cc1)C(=O)c1ccccc1C. The summed E-state index contributed by atoms with van der Waals surface area (Å²) < 4.78 is 7.44. The number of rotatable bonds is 7. The lowest BCUT2D eigenvalue weighted by atomic mass is 10.1. The van der Waals surface area contributed by atoms with E-state index in [0.29, 0.717) is 13.1 Å². The van der Waals surface area contributed by atoms with Crippen LogP contribution in [0.15, 0.2) is 72.8 Å². The first-order valence-electron chi connectivity index (χ1n) is 10.6. The molecule has 4 rings (SSSR count). The molecule has 1 amide bonds. The molecule has 0 spiro atoms. The summed E-state index contributed by atoms with van der Waals surface area (Å²) in [6.45, 7) is 5.16. The van der Waals surface area contributed by atoms with Gasteiger partial charge in [-0.2, -0.15) is 0 Å². The smallest absolute Gasteiger partial charge is 0.254 e. The number of carbonyl (C=O) groups excluding carboxylic acids is 1. The van der Waals surface area contributed by atoms with Crippen LogP contribution < -0.4 is 4.74 Å². The highest BCUT2D eigenvalue weighted by molar-refractivity contribution is 5.95. The first-order chi connectivity index (χ1) is 15.1. The fourth-order valence-corrected chi connectivity index (χ4v) is 3.88. The van der Waals surface area contributed by atoms with Gasteiger partial charge in [0.05, 0.1) is 24.7 Å². The molecule has 0 atom stereocenters. The van der Waals surface area contributed by atoms with Gasteiger partial charge in [-0.25, -0.2) is 4.98 Å². The molecule has 0 aliphatic carbocycles. The number of amides is 1. The Morgan fingerprint density at radius 3 is 2.42 bits per heavy atom. The Balaban J connectivity index is 1.77. The molecule has 0 bridgehead atoms. The van der Waals surface area contributed by atoms with Crippen molar-refractivity contribution in [2.45, 2.75) is 26.8 Å². The van der Waals surface area contributed by atoms with E-state index in [0.717, 1.165) is 45.8 Å². The Kier molecular flexibility index (Phi) is 6.03. The standard InChI is InChI=1S/C26H27N3O2/c1-4-17-28(26(30)22-10-6-5-9-19(22)2)18-25-27-23-11-7-8-12-24(23)29(25)20-13-15-21(31-3)16-14-20/h5-16H,4,17-18H2,1-3H3. The van der Waals surface area contributed by atoms with Crippen molar-refractivity contribution in [2.75, 3.05) is 13.7 Å². The molecule has 0 aliphatic heterocycles. The fourth-order valence-electron chi connectivity index (χ4n) is 3.88. The Bertz CT molecular complexity index is 1190. The zero-order valence-corrected chi connectivity index (χ0v) is 18.2. The topological polar surface area (TPSA) is 47.4 Å². The lowest BCUT2D eigenvalue weighted by Gasteiger charge is -2.23. The number of aryl methyl sites for hydroxylation is 1. The van der Waals surface area contributed by atoms with Gasteiger partial charge in [-0.15, -0.1) is 0 Å². The molecular weight excluding hydrogens is 386 g/mol. The van der Waals surface area contributed by atoms with E-state index in [1.807, 2.05) is 78.6 Å². The molecule has 0 aliphatic rings. The van der Waals surface area contributed by atoms with E-state index in [-0.39, 0.29) is 5.91 Å². The first kappa shape index (κ1) is 20.7. The van der Waals surface area contributed by atoms with E-state index >= 15 is 0 Å². The second-order valence-corrected chi connectivity index (χ2v) is 7.59. The van der Waals surface area contributed by atoms with Crippen molar-refractivity contribution in [3.05, 3.63) is 89.7 Å². The Labute approximate surface area is 182 Å². The van der Waals surface area contributed by atoms with Crippen molar-refractivity contribution < 1.29 is 9.53 Å². The minimum atomic E-state index is 0.0355. The molecule has 0 radical (unpaired) electrons. The molecule has 0 saturated carbocycles. The predicted octanol–water partition coefficient (Wildman–Crippen LogP) is 5.39. The third kappa shape index (κ3) is 4.17. The zero-order valence-electron chi connectivity index (χ0n) is 18.2. The van der Waals surface area contributed by atoms with Gasteiger partial charge in [0.2, 0.25) is 0 Å². The highest BCUT2D eigenvalue weighted by atomic mass is 16.5. The number of imidazole rings is 1. The molecule has 0 N–H and O–H groups in total. The number of hydrogen-bond donors (Lipinski definition) is 0. The Hall–Kier alpha value is -3.60. The van der Waals surface area contributed by atoms with Crippen LogP contribution >= 0.6 is 0 Å². The molecule has 5 heteroatoms.